The summed E-state index contributed by atoms with van der Waals surface area (Å²) >= 11 is 1.43. The van der Waals surface area contributed by atoms with Crippen LogP contribution in [0, 0.1) is 11.3 Å². The molecule has 0 saturated carbocycles. The zero-order valence-corrected chi connectivity index (χ0v) is 7.99. The van der Waals surface area contributed by atoms with Crippen molar-refractivity contribution in [3.63, 3.8) is 0 Å². The minimum Gasteiger partial charge on any atom is -0.440 e. The number of rotatable bonds is 2. The molecular weight excluding hydrogens is 196 g/mol. The Morgan fingerprint density at radius 3 is 2.64 bits per heavy atom. The van der Waals surface area contributed by atoms with Crippen molar-refractivity contribution < 1.29 is 4.42 Å². The second-order valence-electron chi connectivity index (χ2n) is 2.54. The number of oxazole rings is 1. The van der Waals surface area contributed by atoms with Gasteiger partial charge in [-0.1, -0.05) is 0 Å². The molecule has 0 aliphatic heterocycles. The molecule has 3 nitrogen and oxygen atoms in total. The number of benzene rings is 1. The molecule has 0 saturated heterocycles. The van der Waals surface area contributed by atoms with Crippen LogP contribution in [-0.4, -0.2) is 4.98 Å². The lowest BCUT2D eigenvalue weighted by Crippen LogP contribution is -1.75. The molecule has 1 aromatic carbocycles. The number of hydrogen-bond donors (Lipinski definition) is 0. The molecule has 2 aromatic rings. The van der Waals surface area contributed by atoms with Gasteiger partial charge in [-0.05, 0) is 36.0 Å². The first-order valence-electron chi connectivity index (χ1n) is 3.96. The first kappa shape index (κ1) is 8.85. The van der Waals surface area contributed by atoms with Crippen LogP contribution >= 0.6 is 11.8 Å². The first-order valence-corrected chi connectivity index (χ1v) is 4.77. The summed E-state index contributed by atoms with van der Waals surface area (Å²) in [5.41, 5.74) is 0.654. The fourth-order valence-corrected chi connectivity index (χ4v) is 1.65. The molecule has 14 heavy (non-hydrogen) atoms. The summed E-state index contributed by atoms with van der Waals surface area (Å²) in [4.78, 5) is 4.99. The highest BCUT2D eigenvalue weighted by atomic mass is 32.2. The van der Waals surface area contributed by atoms with E-state index >= 15 is 0 Å². The van der Waals surface area contributed by atoms with Gasteiger partial charge in [0.2, 0.25) is 0 Å². The van der Waals surface area contributed by atoms with E-state index in [1.165, 1.54) is 18.0 Å². The molecular formula is C10H6N2OS. The third kappa shape index (κ3) is 1.95. The molecule has 0 N–H and O–H groups in total. The fraction of sp³-hybridized carbons (Fsp3) is 0. The SMILES string of the molecule is N#Cc1ccc(Sc2ncco2)cc1. The normalized spacial score (nSPS) is 9.64. The highest BCUT2D eigenvalue weighted by Crippen LogP contribution is 2.25. The second-order valence-corrected chi connectivity index (χ2v) is 3.56. The highest BCUT2D eigenvalue weighted by molar-refractivity contribution is 7.99. The lowest BCUT2D eigenvalue weighted by atomic mass is 10.2. The molecule has 0 radical (unpaired) electrons. The number of aromatic nitrogens is 1. The van der Waals surface area contributed by atoms with Gasteiger partial charge in [0.05, 0.1) is 17.8 Å². The van der Waals surface area contributed by atoms with Gasteiger partial charge < -0.3 is 4.42 Å². The molecule has 1 aromatic heterocycles. The van der Waals surface area contributed by atoms with Crippen molar-refractivity contribution in [2.24, 2.45) is 0 Å². The molecule has 0 aliphatic carbocycles. The summed E-state index contributed by atoms with van der Waals surface area (Å²) in [5.74, 6) is 0. The van der Waals surface area contributed by atoms with E-state index in [1.54, 1.807) is 18.3 Å². The van der Waals surface area contributed by atoms with Crippen molar-refractivity contribution in [3.05, 3.63) is 42.3 Å². The molecule has 0 fully saturated rings. The van der Waals surface area contributed by atoms with Gasteiger partial charge in [-0.2, -0.15) is 5.26 Å². The van der Waals surface area contributed by atoms with Crippen LogP contribution in [0.25, 0.3) is 0 Å². The van der Waals surface area contributed by atoms with Crippen molar-refractivity contribution in [1.29, 1.82) is 5.26 Å². The van der Waals surface area contributed by atoms with Crippen molar-refractivity contribution >= 4 is 11.8 Å². The van der Waals surface area contributed by atoms with Gasteiger partial charge in [0.25, 0.3) is 5.22 Å². The molecule has 0 aliphatic rings. The molecule has 0 amide bonds. The van der Waals surface area contributed by atoms with E-state index in [2.05, 4.69) is 11.1 Å². The van der Waals surface area contributed by atoms with E-state index in [1.807, 2.05) is 12.1 Å². The third-order valence-electron chi connectivity index (χ3n) is 1.60. The lowest BCUT2D eigenvalue weighted by molar-refractivity contribution is 0.454. The molecule has 0 bridgehead atoms. The van der Waals surface area contributed by atoms with Gasteiger partial charge in [-0.15, -0.1) is 0 Å². The minimum absolute atomic E-state index is 0.606. The van der Waals surface area contributed by atoms with E-state index in [9.17, 15) is 0 Å². The number of nitriles is 1. The summed E-state index contributed by atoms with van der Waals surface area (Å²) in [5, 5.41) is 9.20. The molecule has 0 atom stereocenters. The Morgan fingerprint density at radius 2 is 2.07 bits per heavy atom. The summed E-state index contributed by atoms with van der Waals surface area (Å²) in [6, 6.07) is 9.34. The fourth-order valence-electron chi connectivity index (χ4n) is 0.959. The van der Waals surface area contributed by atoms with Crippen molar-refractivity contribution in [2.75, 3.05) is 0 Å². The van der Waals surface area contributed by atoms with Crippen LogP contribution in [0.4, 0.5) is 0 Å². The van der Waals surface area contributed by atoms with Crippen LogP contribution in [-0.2, 0) is 0 Å². The van der Waals surface area contributed by atoms with Crippen molar-refractivity contribution in [2.45, 2.75) is 10.1 Å². The van der Waals surface area contributed by atoms with Crippen LogP contribution in [0.5, 0.6) is 0 Å². The molecule has 0 unspecified atom stereocenters. The van der Waals surface area contributed by atoms with E-state index < -0.39 is 0 Å². The zero-order valence-electron chi connectivity index (χ0n) is 7.18. The van der Waals surface area contributed by atoms with Gasteiger partial charge in [0.1, 0.15) is 6.26 Å². The van der Waals surface area contributed by atoms with Crippen molar-refractivity contribution in [1.82, 2.24) is 4.98 Å². The quantitative estimate of drug-likeness (QED) is 0.751. The highest BCUT2D eigenvalue weighted by Gasteiger charge is 2.00. The average molecular weight is 202 g/mol. The zero-order chi connectivity index (χ0) is 9.80. The Kier molecular flexibility index (Phi) is 2.52. The van der Waals surface area contributed by atoms with E-state index in [-0.39, 0.29) is 0 Å². The maximum Gasteiger partial charge on any atom is 0.260 e. The Morgan fingerprint density at radius 1 is 1.29 bits per heavy atom. The van der Waals surface area contributed by atoms with Gasteiger partial charge in [0.15, 0.2) is 0 Å². The van der Waals surface area contributed by atoms with Crippen LogP contribution in [0.1, 0.15) is 5.56 Å². The third-order valence-corrected chi connectivity index (χ3v) is 2.48. The predicted molar refractivity (Wildman–Crippen MR) is 51.8 cm³/mol. The predicted octanol–water partition coefficient (Wildman–Crippen LogP) is 2.70. The van der Waals surface area contributed by atoms with Gasteiger partial charge in [0, 0.05) is 4.90 Å². The summed E-state index contributed by atoms with van der Waals surface area (Å²) in [6.07, 6.45) is 3.14. The van der Waals surface area contributed by atoms with Crippen molar-refractivity contribution in [3.8, 4) is 6.07 Å². The average Bonchev–Trinajstić information content (AvgIpc) is 2.72. The number of nitrogens with zero attached hydrogens (tertiary/aromatic N) is 2. The molecule has 1 heterocycles. The maximum atomic E-state index is 8.60. The van der Waals surface area contributed by atoms with Crippen LogP contribution in [0.15, 0.2) is 51.3 Å². The Hall–Kier alpha value is -1.73. The van der Waals surface area contributed by atoms with E-state index in [4.69, 9.17) is 9.68 Å². The molecule has 4 heteroatoms. The molecule has 2 rings (SSSR count). The Balaban J connectivity index is 2.15. The van der Waals surface area contributed by atoms with Crippen LogP contribution in [0.2, 0.25) is 0 Å². The second kappa shape index (κ2) is 3.99. The van der Waals surface area contributed by atoms with Gasteiger partial charge in [-0.25, -0.2) is 4.98 Å². The lowest BCUT2D eigenvalue weighted by Gasteiger charge is -1.95. The summed E-state index contributed by atoms with van der Waals surface area (Å²) in [7, 11) is 0. The Labute approximate surface area is 85.4 Å². The minimum atomic E-state index is 0.606. The van der Waals surface area contributed by atoms with E-state index in [0.29, 0.717) is 10.8 Å². The van der Waals surface area contributed by atoms with Crippen LogP contribution in [0.3, 0.4) is 0 Å². The van der Waals surface area contributed by atoms with E-state index in [0.717, 1.165) is 4.90 Å². The first-order chi connectivity index (χ1) is 6.88. The topological polar surface area (TPSA) is 49.8 Å². The van der Waals surface area contributed by atoms with Gasteiger partial charge in [-0.3, -0.25) is 0 Å². The summed E-state index contributed by atoms with van der Waals surface area (Å²) < 4.78 is 5.08. The smallest absolute Gasteiger partial charge is 0.260 e. The molecule has 0 spiro atoms. The number of hydrogen-bond acceptors (Lipinski definition) is 4. The van der Waals surface area contributed by atoms with Gasteiger partial charge >= 0.3 is 0 Å². The van der Waals surface area contributed by atoms with Crippen LogP contribution < -0.4 is 0 Å². The maximum absolute atomic E-state index is 8.60. The standard InChI is InChI=1S/C10H6N2OS/c11-7-8-1-3-9(4-2-8)14-10-12-5-6-13-10/h1-6H. The molecule has 68 valence electrons. The Bertz CT molecular complexity index is 442. The summed E-state index contributed by atoms with van der Waals surface area (Å²) in [6.45, 7) is 0. The largest absolute Gasteiger partial charge is 0.440 e. The monoisotopic (exact) mass is 202 g/mol.